The van der Waals surface area contributed by atoms with Crippen LogP contribution in [0.15, 0.2) is 18.2 Å². The fourth-order valence-electron chi connectivity index (χ4n) is 1.79. The van der Waals surface area contributed by atoms with Crippen molar-refractivity contribution in [1.82, 2.24) is 4.90 Å². The Kier molecular flexibility index (Phi) is 3.57. The van der Waals surface area contributed by atoms with Crippen molar-refractivity contribution in [3.63, 3.8) is 0 Å². The molecule has 1 aromatic carbocycles. The molecule has 0 radical (unpaired) electrons. The Morgan fingerprint density at radius 3 is 2.65 bits per heavy atom. The van der Waals surface area contributed by atoms with Crippen LogP contribution < -0.4 is 14.2 Å². The van der Waals surface area contributed by atoms with Gasteiger partial charge in [-0.15, -0.1) is 0 Å². The van der Waals surface area contributed by atoms with Crippen LogP contribution in [-0.4, -0.2) is 29.7 Å². The fourth-order valence-corrected chi connectivity index (χ4v) is 1.79. The van der Waals surface area contributed by atoms with Crippen molar-refractivity contribution in [2.24, 2.45) is 0 Å². The number of hydrogen-bond donors (Lipinski definition) is 0. The van der Waals surface area contributed by atoms with E-state index < -0.39 is 11.9 Å². The summed E-state index contributed by atoms with van der Waals surface area (Å²) in [6, 6.07) is 5.00. The average Bonchev–Trinajstić information content (AvgIpc) is 2.72. The molecule has 1 aliphatic heterocycles. The van der Waals surface area contributed by atoms with Gasteiger partial charge < -0.3 is 14.2 Å². The van der Waals surface area contributed by atoms with Crippen LogP contribution in [0.4, 0.5) is 4.79 Å². The van der Waals surface area contributed by atoms with Crippen LogP contribution in [0.2, 0.25) is 0 Å². The molecule has 108 valence electrons. The lowest BCUT2D eigenvalue weighted by molar-refractivity contribution is -0.127. The van der Waals surface area contributed by atoms with E-state index >= 15 is 0 Å². The first-order chi connectivity index (χ1) is 9.34. The van der Waals surface area contributed by atoms with Gasteiger partial charge in [0.2, 0.25) is 17.4 Å². The Hall–Kier alpha value is -2.24. The number of imide groups is 1. The standard InChI is InChI=1S/C14H17NO5/c1-5-11(16)15(4)13(17)18-9-7-6-8-10-12(9)20-14(2,3)19-10/h6-8H,5H2,1-4H3. The van der Waals surface area contributed by atoms with Gasteiger partial charge >= 0.3 is 6.09 Å². The van der Waals surface area contributed by atoms with Crippen molar-refractivity contribution in [1.29, 1.82) is 0 Å². The monoisotopic (exact) mass is 279 g/mol. The maximum Gasteiger partial charge on any atom is 0.421 e. The Labute approximate surface area is 117 Å². The third-order valence-electron chi connectivity index (χ3n) is 2.79. The quantitative estimate of drug-likeness (QED) is 0.832. The highest BCUT2D eigenvalue weighted by molar-refractivity contribution is 5.92. The third kappa shape index (κ3) is 2.68. The average molecular weight is 279 g/mol. The molecule has 0 unspecified atom stereocenters. The van der Waals surface area contributed by atoms with E-state index in [4.69, 9.17) is 14.2 Å². The zero-order valence-corrected chi connectivity index (χ0v) is 11.9. The van der Waals surface area contributed by atoms with Crippen molar-refractivity contribution >= 4 is 12.0 Å². The summed E-state index contributed by atoms with van der Waals surface area (Å²) in [6.07, 6.45) is -0.524. The van der Waals surface area contributed by atoms with Gasteiger partial charge in [-0.05, 0) is 12.1 Å². The second-order valence-electron chi connectivity index (χ2n) is 4.86. The summed E-state index contributed by atoms with van der Waals surface area (Å²) in [5, 5.41) is 0. The van der Waals surface area contributed by atoms with Crippen molar-refractivity contribution in [2.45, 2.75) is 33.0 Å². The predicted molar refractivity (Wildman–Crippen MR) is 70.9 cm³/mol. The lowest BCUT2D eigenvalue weighted by Gasteiger charge is -2.17. The third-order valence-corrected chi connectivity index (χ3v) is 2.79. The molecule has 6 heteroatoms. The van der Waals surface area contributed by atoms with Gasteiger partial charge in [0.1, 0.15) is 0 Å². The molecule has 1 aliphatic rings. The first kappa shape index (κ1) is 14.2. The van der Waals surface area contributed by atoms with Gasteiger partial charge in [-0.25, -0.2) is 4.79 Å². The molecular weight excluding hydrogens is 262 g/mol. The lowest BCUT2D eigenvalue weighted by atomic mass is 10.3. The predicted octanol–water partition coefficient (Wildman–Crippen LogP) is 2.56. The molecule has 0 aromatic heterocycles. The summed E-state index contributed by atoms with van der Waals surface area (Å²) in [5.74, 6) is -0.0300. The van der Waals surface area contributed by atoms with Crippen molar-refractivity contribution in [3.8, 4) is 17.2 Å². The van der Waals surface area contributed by atoms with Gasteiger partial charge in [0.05, 0.1) is 0 Å². The zero-order chi connectivity index (χ0) is 14.9. The van der Waals surface area contributed by atoms with Crippen LogP contribution in [0.25, 0.3) is 0 Å². The van der Waals surface area contributed by atoms with E-state index in [0.717, 1.165) is 4.90 Å². The summed E-state index contributed by atoms with van der Waals surface area (Å²) in [6.45, 7) is 5.18. The van der Waals surface area contributed by atoms with Crippen LogP contribution >= 0.6 is 0 Å². The molecular formula is C14H17NO5. The molecule has 0 spiro atoms. The van der Waals surface area contributed by atoms with E-state index in [1.165, 1.54) is 7.05 Å². The number of amides is 2. The van der Waals surface area contributed by atoms with Gasteiger partial charge in [0.25, 0.3) is 0 Å². The fraction of sp³-hybridized carbons (Fsp3) is 0.429. The van der Waals surface area contributed by atoms with E-state index in [1.54, 1.807) is 39.0 Å². The first-order valence-corrected chi connectivity index (χ1v) is 6.33. The van der Waals surface area contributed by atoms with E-state index in [0.29, 0.717) is 11.5 Å². The summed E-state index contributed by atoms with van der Waals surface area (Å²) in [7, 11) is 1.37. The highest BCUT2D eigenvalue weighted by atomic mass is 16.7. The number of benzene rings is 1. The Balaban J connectivity index is 2.19. The van der Waals surface area contributed by atoms with Crippen molar-refractivity contribution < 1.29 is 23.8 Å². The Morgan fingerprint density at radius 2 is 2.00 bits per heavy atom. The smallest absolute Gasteiger partial charge is 0.421 e. The molecule has 0 fully saturated rings. The molecule has 0 saturated carbocycles. The second kappa shape index (κ2) is 5.03. The normalized spacial score (nSPS) is 14.8. The van der Waals surface area contributed by atoms with Gasteiger partial charge in [0.15, 0.2) is 11.5 Å². The number of rotatable bonds is 2. The minimum absolute atomic E-state index is 0.227. The molecule has 0 bridgehead atoms. The van der Waals surface area contributed by atoms with Crippen LogP contribution in [0.3, 0.4) is 0 Å². The minimum Gasteiger partial charge on any atom is -0.449 e. The van der Waals surface area contributed by atoms with Gasteiger partial charge in [-0.2, -0.15) is 0 Å². The largest absolute Gasteiger partial charge is 0.449 e. The molecule has 20 heavy (non-hydrogen) atoms. The topological polar surface area (TPSA) is 65.1 Å². The van der Waals surface area contributed by atoms with E-state index in [9.17, 15) is 9.59 Å². The molecule has 2 amide bonds. The van der Waals surface area contributed by atoms with Crippen LogP contribution in [0.5, 0.6) is 17.2 Å². The van der Waals surface area contributed by atoms with E-state index in [2.05, 4.69) is 0 Å². The van der Waals surface area contributed by atoms with E-state index in [-0.39, 0.29) is 18.1 Å². The zero-order valence-electron chi connectivity index (χ0n) is 11.9. The Morgan fingerprint density at radius 1 is 1.30 bits per heavy atom. The van der Waals surface area contributed by atoms with Crippen molar-refractivity contribution in [3.05, 3.63) is 18.2 Å². The van der Waals surface area contributed by atoms with Gasteiger partial charge in [-0.1, -0.05) is 13.0 Å². The summed E-state index contributed by atoms with van der Waals surface area (Å²) in [5.41, 5.74) is 0. The first-order valence-electron chi connectivity index (χ1n) is 6.33. The second-order valence-corrected chi connectivity index (χ2v) is 4.86. The molecule has 0 N–H and O–H groups in total. The Bertz CT molecular complexity index is 552. The molecule has 0 atom stereocenters. The molecule has 2 rings (SSSR count). The molecule has 0 saturated heterocycles. The number of carbonyl (C=O) groups excluding carboxylic acids is 2. The number of ether oxygens (including phenoxy) is 3. The maximum absolute atomic E-state index is 11.9. The molecule has 1 aromatic rings. The number of hydrogen-bond acceptors (Lipinski definition) is 5. The van der Waals surface area contributed by atoms with E-state index in [1.807, 2.05) is 0 Å². The number of carbonyl (C=O) groups is 2. The minimum atomic E-state index is -0.810. The highest BCUT2D eigenvalue weighted by Gasteiger charge is 2.35. The number of para-hydroxylation sites is 1. The lowest BCUT2D eigenvalue weighted by Crippen LogP contribution is -2.35. The van der Waals surface area contributed by atoms with Crippen molar-refractivity contribution in [2.75, 3.05) is 7.05 Å². The van der Waals surface area contributed by atoms with Crippen LogP contribution in [-0.2, 0) is 4.79 Å². The molecule has 6 nitrogen and oxygen atoms in total. The van der Waals surface area contributed by atoms with Crippen LogP contribution in [0, 0.1) is 0 Å². The summed E-state index contributed by atoms with van der Waals surface area (Å²) >= 11 is 0. The van der Waals surface area contributed by atoms with Gasteiger partial charge in [-0.3, -0.25) is 9.69 Å². The highest BCUT2D eigenvalue weighted by Crippen LogP contribution is 2.45. The van der Waals surface area contributed by atoms with Crippen LogP contribution in [0.1, 0.15) is 27.2 Å². The summed E-state index contributed by atoms with van der Waals surface area (Å²) < 4.78 is 16.3. The number of fused-ring (bicyclic) bond motifs is 1. The van der Waals surface area contributed by atoms with Gasteiger partial charge in [0, 0.05) is 27.3 Å². The number of nitrogens with zero attached hydrogens (tertiary/aromatic N) is 1. The molecule has 1 heterocycles. The summed E-state index contributed by atoms with van der Waals surface area (Å²) in [4.78, 5) is 24.2. The molecule has 0 aliphatic carbocycles. The SMILES string of the molecule is CCC(=O)N(C)C(=O)Oc1cccc2c1OC(C)(C)O2. The maximum atomic E-state index is 11.9.